The molecule has 3 radical (unpaired) electrons. The predicted octanol–water partition coefficient (Wildman–Crippen LogP) is 4.07. The van der Waals surface area contributed by atoms with Crippen molar-refractivity contribution in [3.8, 4) is 11.5 Å². The van der Waals surface area contributed by atoms with E-state index in [1.54, 1.807) is 23.5 Å². The molecule has 35 heavy (non-hydrogen) atoms. The van der Waals surface area contributed by atoms with Gasteiger partial charge < -0.3 is 14.8 Å². The molecule has 8 nitrogen and oxygen atoms in total. The molecule has 2 aliphatic heterocycles. The number of fused-ring (bicyclic) bond motifs is 2. The number of nitrogens with zero attached hydrogens (tertiary/aromatic N) is 5. The average molecular weight is 476 g/mol. The third-order valence-corrected chi connectivity index (χ3v) is 6.54. The lowest BCUT2D eigenvalue weighted by Crippen LogP contribution is -2.36. The third-order valence-electron chi connectivity index (χ3n) is 6.54. The number of pyridine rings is 1. The van der Waals surface area contributed by atoms with E-state index in [2.05, 4.69) is 32.0 Å². The van der Waals surface area contributed by atoms with Gasteiger partial charge in [-0.2, -0.15) is 0 Å². The minimum atomic E-state index is -0.607. The first kappa shape index (κ1) is 22.9. The maximum atomic E-state index is 14.8. The SMILES string of the molecule is [CH]=C[CH]CC(=O)N1CCc2cc(F)c(C(=O)Nc3cccc(-c4nnc5n4[C@H](C)CC5)n3)cc2C1.[HH].[H]. The van der Waals surface area contributed by atoms with Gasteiger partial charge in [-0.05, 0) is 61.6 Å². The first-order chi connectivity index (χ1) is 16.9. The maximum Gasteiger partial charge on any atom is 0.259 e. The average Bonchev–Trinajstić information content (AvgIpc) is 3.45. The first-order valence-corrected chi connectivity index (χ1v) is 11.6. The molecule has 3 aromatic rings. The lowest BCUT2D eigenvalue weighted by molar-refractivity contribution is -0.131. The van der Waals surface area contributed by atoms with Crippen LogP contribution in [-0.2, 0) is 24.2 Å². The zero-order valence-corrected chi connectivity index (χ0v) is 19.4. The van der Waals surface area contributed by atoms with Crippen LogP contribution in [0.2, 0.25) is 0 Å². The van der Waals surface area contributed by atoms with Crippen molar-refractivity contribution in [3.05, 3.63) is 77.7 Å². The maximum absolute atomic E-state index is 14.8. The van der Waals surface area contributed by atoms with Crippen LogP contribution >= 0.6 is 0 Å². The standard InChI is InChI=1S/C26H25FN6O2.H2.H/c1-3-4-8-24(34)32-12-11-17-14-20(27)19(13-18(17)15-32)26(35)29-22-7-5-6-21(28-22)25-31-30-23-10-9-16(2)33(23)25;;/h1,3-7,13-14,16H,8-12,15H2,2H3,(H,28,29,35);1H;/t16-;;/m1../s1. The lowest BCUT2D eigenvalue weighted by Gasteiger charge is -2.29. The number of carbonyl (C=O) groups excluding carboxylic acids is 2. The second kappa shape index (κ2) is 9.40. The van der Waals surface area contributed by atoms with Crippen LogP contribution in [0.1, 0.15) is 56.0 Å². The summed E-state index contributed by atoms with van der Waals surface area (Å²) in [7, 11) is 0. The van der Waals surface area contributed by atoms with Gasteiger partial charge in [-0.25, -0.2) is 9.37 Å². The highest BCUT2D eigenvalue weighted by Gasteiger charge is 2.26. The molecule has 0 fully saturated rings. The molecular formula is C26H28FN6O2. The van der Waals surface area contributed by atoms with Crippen molar-refractivity contribution >= 4 is 17.6 Å². The van der Waals surface area contributed by atoms with Crippen LogP contribution in [0.5, 0.6) is 0 Å². The minimum Gasteiger partial charge on any atom is -0.338 e. The summed E-state index contributed by atoms with van der Waals surface area (Å²) in [5.41, 5.74) is 2.04. The van der Waals surface area contributed by atoms with E-state index in [-0.39, 0.29) is 32.6 Å². The van der Waals surface area contributed by atoms with Gasteiger partial charge in [-0.3, -0.25) is 9.59 Å². The van der Waals surface area contributed by atoms with Crippen molar-refractivity contribution in [2.24, 2.45) is 0 Å². The van der Waals surface area contributed by atoms with Gasteiger partial charge in [0.25, 0.3) is 5.91 Å². The zero-order chi connectivity index (χ0) is 24.5. The Hall–Kier alpha value is -3.88. The van der Waals surface area contributed by atoms with Crippen molar-refractivity contribution in [2.75, 3.05) is 11.9 Å². The van der Waals surface area contributed by atoms with Gasteiger partial charge in [0.1, 0.15) is 23.2 Å². The Balaban J connectivity index is 0.00000190. The van der Waals surface area contributed by atoms with E-state index < -0.39 is 11.7 Å². The third kappa shape index (κ3) is 4.45. The second-order valence-electron chi connectivity index (χ2n) is 8.86. The van der Waals surface area contributed by atoms with Crippen LogP contribution in [0.4, 0.5) is 10.2 Å². The van der Waals surface area contributed by atoms with Gasteiger partial charge in [0.2, 0.25) is 5.91 Å². The lowest BCUT2D eigenvalue weighted by atomic mass is 9.96. The molecule has 1 aromatic carbocycles. The number of rotatable bonds is 6. The Morgan fingerprint density at radius 3 is 2.97 bits per heavy atom. The van der Waals surface area contributed by atoms with E-state index in [1.807, 2.05) is 6.07 Å². The van der Waals surface area contributed by atoms with Crippen molar-refractivity contribution in [1.29, 1.82) is 0 Å². The Kier molecular flexibility index (Phi) is 6.15. The number of benzene rings is 1. The molecule has 2 amide bonds. The number of hydrogen-bond acceptors (Lipinski definition) is 5. The molecule has 4 heterocycles. The second-order valence-corrected chi connectivity index (χ2v) is 8.86. The highest BCUT2D eigenvalue weighted by molar-refractivity contribution is 6.04. The molecule has 0 bridgehead atoms. The quantitative estimate of drug-likeness (QED) is 0.580. The number of halogens is 1. The van der Waals surface area contributed by atoms with Gasteiger partial charge in [0, 0.05) is 34.8 Å². The number of carbonyl (C=O) groups is 2. The molecular weight excluding hydrogens is 447 g/mol. The molecule has 2 aromatic heterocycles. The highest BCUT2D eigenvalue weighted by atomic mass is 19.1. The number of hydrogen-bond donors (Lipinski definition) is 1. The van der Waals surface area contributed by atoms with Crippen LogP contribution in [0.15, 0.2) is 36.4 Å². The van der Waals surface area contributed by atoms with Crippen molar-refractivity contribution in [1.82, 2.24) is 24.6 Å². The molecule has 2 aliphatic rings. The molecule has 181 valence electrons. The summed E-state index contributed by atoms with van der Waals surface area (Å²) >= 11 is 0. The largest absolute Gasteiger partial charge is 0.338 e. The van der Waals surface area contributed by atoms with Gasteiger partial charge in [-0.1, -0.05) is 18.7 Å². The minimum absolute atomic E-state index is 0. The Labute approximate surface area is 205 Å². The molecule has 0 saturated heterocycles. The molecule has 0 aliphatic carbocycles. The summed E-state index contributed by atoms with van der Waals surface area (Å²) in [5, 5.41) is 11.2. The van der Waals surface area contributed by atoms with Crippen LogP contribution in [0, 0.1) is 18.8 Å². The number of amides is 2. The summed E-state index contributed by atoms with van der Waals surface area (Å²) in [6.07, 6.45) is 5.53. The fourth-order valence-electron chi connectivity index (χ4n) is 4.68. The highest BCUT2D eigenvalue weighted by Crippen LogP contribution is 2.30. The van der Waals surface area contributed by atoms with Gasteiger partial charge >= 0.3 is 0 Å². The van der Waals surface area contributed by atoms with Crippen LogP contribution in [-0.4, -0.2) is 43.0 Å². The number of aromatic nitrogens is 4. The monoisotopic (exact) mass is 475 g/mol. The normalized spacial score (nSPS) is 16.5. The topological polar surface area (TPSA) is 93.0 Å². The molecule has 0 saturated carbocycles. The smallest absolute Gasteiger partial charge is 0.259 e. The summed E-state index contributed by atoms with van der Waals surface area (Å²) in [4.78, 5) is 31.6. The number of nitrogens with one attached hydrogen (secondary N) is 1. The fraction of sp³-hybridized carbons (Fsp3) is 0.308. The molecule has 1 atom stereocenters. The van der Waals surface area contributed by atoms with Gasteiger partial charge in [0.05, 0.1) is 5.56 Å². The first-order valence-electron chi connectivity index (χ1n) is 11.6. The summed E-state index contributed by atoms with van der Waals surface area (Å²) in [6.45, 7) is 8.25. The van der Waals surface area contributed by atoms with Crippen LogP contribution in [0.3, 0.4) is 0 Å². The van der Waals surface area contributed by atoms with Crippen LogP contribution < -0.4 is 5.32 Å². The Bertz CT molecular complexity index is 1330. The van der Waals surface area contributed by atoms with Gasteiger partial charge in [0.15, 0.2) is 5.82 Å². The number of anilines is 1. The van der Waals surface area contributed by atoms with E-state index >= 15 is 0 Å². The van der Waals surface area contributed by atoms with Gasteiger partial charge in [-0.15, -0.1) is 10.2 Å². The van der Waals surface area contributed by atoms with Crippen molar-refractivity contribution in [3.63, 3.8) is 0 Å². The van der Waals surface area contributed by atoms with E-state index in [0.29, 0.717) is 31.0 Å². The Morgan fingerprint density at radius 2 is 2.14 bits per heavy atom. The zero-order valence-electron chi connectivity index (χ0n) is 20.4. The van der Waals surface area contributed by atoms with Crippen molar-refractivity contribution in [2.45, 2.75) is 45.2 Å². The van der Waals surface area contributed by atoms with Crippen molar-refractivity contribution < 1.29 is 16.8 Å². The predicted molar refractivity (Wildman–Crippen MR) is 131 cm³/mol. The molecule has 1 N–H and O–H groups in total. The van der Waals surface area contributed by atoms with E-state index in [4.69, 9.17) is 6.58 Å². The number of allylic oxidation sites excluding steroid dienone is 1. The summed E-state index contributed by atoms with van der Waals surface area (Å²) in [5.74, 6) is 0.583. The summed E-state index contributed by atoms with van der Waals surface area (Å²) in [6, 6.07) is 8.40. The van der Waals surface area contributed by atoms with E-state index in [9.17, 15) is 14.0 Å². The fourth-order valence-corrected chi connectivity index (χ4v) is 4.68. The molecule has 9 heteroatoms. The molecule has 0 spiro atoms. The Morgan fingerprint density at radius 1 is 1.29 bits per heavy atom. The summed E-state index contributed by atoms with van der Waals surface area (Å²) < 4.78 is 16.9. The van der Waals surface area contributed by atoms with E-state index in [0.717, 1.165) is 29.8 Å². The van der Waals surface area contributed by atoms with Crippen LogP contribution in [0.25, 0.3) is 11.5 Å². The van der Waals surface area contributed by atoms with E-state index in [1.165, 1.54) is 18.2 Å². The number of aryl methyl sites for hydroxylation is 1. The molecule has 0 unspecified atom stereocenters. The molecule has 5 rings (SSSR count).